The Morgan fingerprint density at radius 3 is 2.74 bits per heavy atom. The molecule has 0 amide bonds. The van der Waals surface area contributed by atoms with E-state index in [4.69, 9.17) is 0 Å². The average Bonchev–Trinajstić information content (AvgIpc) is 3.04. The van der Waals surface area contributed by atoms with Crippen LogP contribution in [-0.4, -0.2) is 42.0 Å². The summed E-state index contributed by atoms with van der Waals surface area (Å²) >= 11 is 1.64. The Kier molecular flexibility index (Phi) is 10.6. The van der Waals surface area contributed by atoms with Gasteiger partial charge in [0.2, 0.25) is 0 Å². The van der Waals surface area contributed by atoms with Crippen molar-refractivity contribution in [3.63, 3.8) is 0 Å². The van der Waals surface area contributed by atoms with E-state index in [1.165, 1.54) is 6.07 Å². The highest BCUT2D eigenvalue weighted by atomic mass is 127. The summed E-state index contributed by atoms with van der Waals surface area (Å²) in [6.45, 7) is 6.54. The van der Waals surface area contributed by atoms with Gasteiger partial charge in [0.25, 0.3) is 5.69 Å². The predicted octanol–water partition coefficient (Wildman–Crippen LogP) is 3.19. The molecule has 2 rings (SSSR count). The molecule has 10 heteroatoms. The maximum atomic E-state index is 11.0. The standard InChI is InChI=1S/C17H24N6O2S.HI/c1-3-18-17(20-9-8-14-12-26-13(2)22-14)21-11-10-19-15-6-4-5-7-16(15)23(24)25;/h4-7,12,19H,3,8-11H2,1-2H3,(H2,18,20,21);1H. The summed E-state index contributed by atoms with van der Waals surface area (Å²) in [5.41, 5.74) is 1.65. The smallest absolute Gasteiger partial charge is 0.292 e. The van der Waals surface area contributed by atoms with Crippen LogP contribution in [0.3, 0.4) is 0 Å². The number of aliphatic imine (C=N–C) groups is 1. The number of para-hydroxylation sites is 2. The number of nitrogens with zero attached hydrogens (tertiary/aromatic N) is 3. The molecule has 0 aliphatic carbocycles. The van der Waals surface area contributed by atoms with Crippen LogP contribution < -0.4 is 16.0 Å². The maximum Gasteiger partial charge on any atom is 0.292 e. The third-order valence-electron chi connectivity index (χ3n) is 3.48. The Labute approximate surface area is 180 Å². The van der Waals surface area contributed by atoms with Gasteiger partial charge < -0.3 is 16.0 Å². The lowest BCUT2D eigenvalue weighted by Gasteiger charge is -2.12. The summed E-state index contributed by atoms with van der Waals surface area (Å²) in [4.78, 5) is 19.6. The highest BCUT2D eigenvalue weighted by molar-refractivity contribution is 14.0. The average molecular weight is 504 g/mol. The quantitative estimate of drug-likeness (QED) is 0.121. The summed E-state index contributed by atoms with van der Waals surface area (Å²) in [5, 5.41) is 23.6. The molecule has 1 aromatic carbocycles. The van der Waals surface area contributed by atoms with Crippen molar-refractivity contribution >= 4 is 52.6 Å². The number of aryl methyl sites for hydroxylation is 1. The second-order valence-corrected chi connectivity index (χ2v) is 6.56. The predicted molar refractivity (Wildman–Crippen MR) is 122 cm³/mol. The van der Waals surface area contributed by atoms with Gasteiger partial charge in [0.1, 0.15) is 5.69 Å². The molecule has 0 bridgehead atoms. The number of aromatic nitrogens is 1. The zero-order valence-electron chi connectivity index (χ0n) is 15.4. The molecule has 2 aromatic rings. The van der Waals surface area contributed by atoms with Crippen molar-refractivity contribution in [2.75, 3.05) is 31.5 Å². The first kappa shape index (κ1) is 23.1. The van der Waals surface area contributed by atoms with Gasteiger partial charge in [0, 0.05) is 44.0 Å². The van der Waals surface area contributed by atoms with E-state index < -0.39 is 0 Å². The molecule has 0 spiro atoms. The second-order valence-electron chi connectivity index (χ2n) is 5.50. The van der Waals surface area contributed by atoms with Crippen molar-refractivity contribution in [3.05, 3.63) is 50.5 Å². The van der Waals surface area contributed by atoms with Crippen LogP contribution in [0.4, 0.5) is 11.4 Å². The Balaban J connectivity index is 0.00000364. The monoisotopic (exact) mass is 504 g/mol. The number of hydrogen-bond acceptors (Lipinski definition) is 6. The van der Waals surface area contributed by atoms with Gasteiger partial charge in [-0.3, -0.25) is 15.1 Å². The number of rotatable bonds is 9. The number of halogens is 1. The molecule has 1 heterocycles. The van der Waals surface area contributed by atoms with E-state index in [1.807, 2.05) is 13.8 Å². The van der Waals surface area contributed by atoms with Gasteiger partial charge in [0.05, 0.1) is 15.6 Å². The molecule has 0 fully saturated rings. The molecule has 0 aliphatic heterocycles. The van der Waals surface area contributed by atoms with Crippen LogP contribution in [0.25, 0.3) is 0 Å². The fraction of sp³-hybridized carbons (Fsp3) is 0.412. The molecule has 0 unspecified atom stereocenters. The van der Waals surface area contributed by atoms with Crippen molar-refractivity contribution in [1.82, 2.24) is 15.6 Å². The molecule has 27 heavy (non-hydrogen) atoms. The van der Waals surface area contributed by atoms with Crippen LogP contribution in [-0.2, 0) is 6.42 Å². The minimum absolute atomic E-state index is 0. The number of anilines is 1. The minimum atomic E-state index is -0.387. The molecule has 0 aliphatic rings. The molecular weight excluding hydrogens is 479 g/mol. The number of nitro benzene ring substituents is 1. The first-order valence-electron chi connectivity index (χ1n) is 8.50. The van der Waals surface area contributed by atoms with Gasteiger partial charge in [-0.15, -0.1) is 35.3 Å². The summed E-state index contributed by atoms with van der Waals surface area (Å²) < 4.78 is 0. The van der Waals surface area contributed by atoms with Crippen LogP contribution in [0, 0.1) is 17.0 Å². The lowest BCUT2D eigenvalue weighted by molar-refractivity contribution is -0.384. The topological polar surface area (TPSA) is 104 Å². The maximum absolute atomic E-state index is 11.0. The SMILES string of the molecule is CCNC(=NCCc1csc(C)n1)NCCNc1ccccc1[N+](=O)[O-].I. The normalized spacial score (nSPS) is 10.8. The van der Waals surface area contributed by atoms with E-state index in [1.54, 1.807) is 29.5 Å². The van der Waals surface area contributed by atoms with Crippen LogP contribution in [0.2, 0.25) is 0 Å². The van der Waals surface area contributed by atoms with Gasteiger partial charge in [-0.2, -0.15) is 0 Å². The zero-order chi connectivity index (χ0) is 18.8. The van der Waals surface area contributed by atoms with E-state index >= 15 is 0 Å². The van der Waals surface area contributed by atoms with Gasteiger partial charge in [-0.25, -0.2) is 4.98 Å². The summed E-state index contributed by atoms with van der Waals surface area (Å²) in [6.07, 6.45) is 0.801. The van der Waals surface area contributed by atoms with E-state index in [0.29, 0.717) is 25.3 Å². The Hall–Kier alpha value is -1.95. The third-order valence-corrected chi connectivity index (χ3v) is 4.30. The molecule has 0 saturated heterocycles. The van der Waals surface area contributed by atoms with Crippen molar-refractivity contribution < 1.29 is 4.92 Å². The molecule has 3 N–H and O–H groups in total. The van der Waals surface area contributed by atoms with Crippen LogP contribution in [0.15, 0.2) is 34.6 Å². The molecule has 1 aromatic heterocycles. The number of thiazole rings is 1. The lowest BCUT2D eigenvalue weighted by Crippen LogP contribution is -2.39. The Morgan fingerprint density at radius 1 is 1.30 bits per heavy atom. The van der Waals surface area contributed by atoms with Gasteiger partial charge in [-0.1, -0.05) is 12.1 Å². The van der Waals surface area contributed by atoms with Gasteiger partial charge in [-0.05, 0) is 19.9 Å². The van der Waals surface area contributed by atoms with E-state index in [-0.39, 0.29) is 34.6 Å². The van der Waals surface area contributed by atoms with Crippen LogP contribution in [0.1, 0.15) is 17.6 Å². The molecule has 0 saturated carbocycles. The highest BCUT2D eigenvalue weighted by Crippen LogP contribution is 2.22. The fourth-order valence-electron chi connectivity index (χ4n) is 2.31. The summed E-state index contributed by atoms with van der Waals surface area (Å²) in [5.74, 6) is 0.726. The molecular formula is C17H25IN6O2S. The zero-order valence-corrected chi connectivity index (χ0v) is 18.5. The highest BCUT2D eigenvalue weighted by Gasteiger charge is 2.11. The first-order chi connectivity index (χ1) is 12.6. The summed E-state index contributed by atoms with van der Waals surface area (Å²) in [6, 6.07) is 6.62. The Bertz CT molecular complexity index is 753. The molecule has 0 radical (unpaired) electrons. The first-order valence-corrected chi connectivity index (χ1v) is 9.38. The Morgan fingerprint density at radius 2 is 2.07 bits per heavy atom. The fourth-order valence-corrected chi connectivity index (χ4v) is 2.95. The summed E-state index contributed by atoms with van der Waals surface area (Å²) in [7, 11) is 0. The van der Waals surface area contributed by atoms with E-state index in [9.17, 15) is 10.1 Å². The van der Waals surface area contributed by atoms with Crippen molar-refractivity contribution in [2.45, 2.75) is 20.3 Å². The minimum Gasteiger partial charge on any atom is -0.378 e. The number of hydrogen-bond donors (Lipinski definition) is 3. The molecule has 148 valence electrons. The van der Waals surface area contributed by atoms with Crippen molar-refractivity contribution in [3.8, 4) is 0 Å². The van der Waals surface area contributed by atoms with Crippen LogP contribution in [0.5, 0.6) is 0 Å². The lowest BCUT2D eigenvalue weighted by atomic mass is 10.2. The van der Waals surface area contributed by atoms with Gasteiger partial charge >= 0.3 is 0 Å². The largest absolute Gasteiger partial charge is 0.378 e. The molecule has 8 nitrogen and oxygen atoms in total. The number of nitro groups is 1. The number of nitrogens with one attached hydrogen (secondary N) is 3. The van der Waals surface area contributed by atoms with Gasteiger partial charge in [0.15, 0.2) is 5.96 Å². The number of guanidine groups is 1. The van der Waals surface area contributed by atoms with Crippen LogP contribution >= 0.6 is 35.3 Å². The second kappa shape index (κ2) is 12.4. The van der Waals surface area contributed by atoms with Crippen molar-refractivity contribution in [1.29, 1.82) is 0 Å². The van der Waals surface area contributed by atoms with E-state index in [2.05, 4.69) is 31.3 Å². The van der Waals surface area contributed by atoms with Crippen molar-refractivity contribution in [2.24, 2.45) is 4.99 Å². The third kappa shape index (κ3) is 8.08. The molecule has 0 atom stereocenters. The number of benzene rings is 1. The van der Waals surface area contributed by atoms with E-state index in [0.717, 1.165) is 29.6 Å².